The minimum absolute atomic E-state index is 0.125. The Morgan fingerprint density at radius 2 is 1.73 bits per heavy atom. The average molecular weight is 443 g/mol. The van der Waals surface area contributed by atoms with Crippen molar-refractivity contribution in [3.63, 3.8) is 0 Å². The predicted molar refractivity (Wildman–Crippen MR) is 132 cm³/mol. The van der Waals surface area contributed by atoms with Gasteiger partial charge in [-0.25, -0.2) is 0 Å². The Bertz CT molecular complexity index is 1190. The number of rotatable bonds is 10. The van der Waals surface area contributed by atoms with Crippen LogP contribution in [0.25, 0.3) is 11.0 Å². The van der Waals surface area contributed by atoms with Gasteiger partial charge in [0, 0.05) is 11.9 Å². The highest BCUT2D eigenvalue weighted by atomic mass is 16.5. The molecule has 0 aliphatic carbocycles. The monoisotopic (exact) mass is 442 g/mol. The number of fused-ring (bicyclic) bond motifs is 1. The average Bonchev–Trinajstić information content (AvgIpc) is 3.31. The molecule has 3 aromatic carbocycles. The summed E-state index contributed by atoms with van der Waals surface area (Å²) in [7, 11) is 1.61. The molecule has 0 saturated heterocycles. The van der Waals surface area contributed by atoms with E-state index in [1.165, 1.54) is 5.56 Å². The van der Waals surface area contributed by atoms with Gasteiger partial charge in [0.2, 0.25) is 0 Å². The van der Waals surface area contributed by atoms with Gasteiger partial charge in [-0.1, -0.05) is 66.7 Å². The summed E-state index contributed by atoms with van der Waals surface area (Å²) in [6.45, 7) is 3.56. The van der Waals surface area contributed by atoms with Gasteiger partial charge in [-0.3, -0.25) is 4.79 Å². The SMILES string of the molecule is COc1ccc(CNCCCc2ccccc2)c2cc(C(=O)N[C@@H](C)c3ccccc3)oc12. The number of carbonyl (C=O) groups is 1. The number of nitrogens with one attached hydrogen (secondary N) is 2. The molecular weight excluding hydrogens is 412 g/mol. The molecule has 1 heterocycles. The van der Waals surface area contributed by atoms with E-state index in [0.29, 0.717) is 17.9 Å². The van der Waals surface area contributed by atoms with E-state index in [1.807, 2.05) is 61.5 Å². The summed E-state index contributed by atoms with van der Waals surface area (Å²) in [5.41, 5.74) is 4.06. The van der Waals surface area contributed by atoms with Crippen LogP contribution in [-0.2, 0) is 13.0 Å². The summed E-state index contributed by atoms with van der Waals surface area (Å²) < 4.78 is 11.4. The number of methoxy groups -OCH3 is 1. The van der Waals surface area contributed by atoms with Gasteiger partial charge in [0.05, 0.1) is 13.2 Å². The maximum Gasteiger partial charge on any atom is 0.287 e. The fourth-order valence-corrected chi connectivity index (χ4v) is 3.96. The number of aryl methyl sites for hydroxylation is 1. The van der Waals surface area contributed by atoms with Crippen LogP contribution in [0, 0.1) is 0 Å². The number of carbonyl (C=O) groups excluding carboxylic acids is 1. The number of hydrogen-bond donors (Lipinski definition) is 2. The molecule has 1 aromatic heterocycles. The van der Waals surface area contributed by atoms with Gasteiger partial charge in [0.1, 0.15) is 0 Å². The van der Waals surface area contributed by atoms with Crippen molar-refractivity contribution in [2.45, 2.75) is 32.4 Å². The van der Waals surface area contributed by atoms with E-state index in [2.05, 4.69) is 34.9 Å². The third kappa shape index (κ3) is 5.62. The zero-order valence-corrected chi connectivity index (χ0v) is 19.1. The van der Waals surface area contributed by atoms with Crippen molar-refractivity contribution in [1.29, 1.82) is 0 Å². The van der Waals surface area contributed by atoms with Crippen molar-refractivity contribution in [2.24, 2.45) is 0 Å². The van der Waals surface area contributed by atoms with Crippen LogP contribution in [0.4, 0.5) is 0 Å². The molecule has 170 valence electrons. The molecule has 33 heavy (non-hydrogen) atoms. The van der Waals surface area contributed by atoms with Crippen LogP contribution in [0.5, 0.6) is 5.75 Å². The summed E-state index contributed by atoms with van der Waals surface area (Å²) in [6.07, 6.45) is 2.10. The van der Waals surface area contributed by atoms with E-state index in [0.717, 1.165) is 35.9 Å². The summed E-state index contributed by atoms with van der Waals surface area (Å²) in [5, 5.41) is 7.42. The molecule has 0 unspecified atom stereocenters. The fraction of sp³-hybridized carbons (Fsp3) is 0.250. The third-order valence-corrected chi connectivity index (χ3v) is 5.81. The minimum Gasteiger partial charge on any atom is -0.493 e. The highest BCUT2D eigenvalue weighted by Gasteiger charge is 2.19. The number of benzene rings is 3. The second-order valence-electron chi connectivity index (χ2n) is 8.15. The lowest BCUT2D eigenvalue weighted by molar-refractivity contribution is 0.0914. The maximum atomic E-state index is 12.9. The van der Waals surface area contributed by atoms with Crippen molar-refractivity contribution in [2.75, 3.05) is 13.7 Å². The topological polar surface area (TPSA) is 63.5 Å². The molecule has 5 nitrogen and oxygen atoms in total. The van der Waals surface area contributed by atoms with E-state index in [-0.39, 0.29) is 17.7 Å². The Morgan fingerprint density at radius 3 is 2.45 bits per heavy atom. The molecule has 0 radical (unpaired) electrons. The van der Waals surface area contributed by atoms with Crippen LogP contribution in [0.2, 0.25) is 0 Å². The summed E-state index contributed by atoms with van der Waals surface area (Å²) in [4.78, 5) is 12.9. The van der Waals surface area contributed by atoms with Gasteiger partial charge in [-0.15, -0.1) is 0 Å². The smallest absolute Gasteiger partial charge is 0.287 e. The molecular formula is C28H30N2O3. The largest absolute Gasteiger partial charge is 0.493 e. The summed E-state index contributed by atoms with van der Waals surface area (Å²) in [5.74, 6) is 0.655. The van der Waals surface area contributed by atoms with Crippen LogP contribution in [-0.4, -0.2) is 19.6 Å². The molecule has 0 spiro atoms. The Morgan fingerprint density at radius 1 is 1.00 bits per heavy atom. The predicted octanol–water partition coefficient (Wildman–Crippen LogP) is 5.65. The van der Waals surface area contributed by atoms with Crippen LogP contribution in [0.1, 0.15) is 46.6 Å². The molecule has 4 aromatic rings. The van der Waals surface area contributed by atoms with Crippen LogP contribution in [0.3, 0.4) is 0 Å². The van der Waals surface area contributed by atoms with Gasteiger partial charge in [0.15, 0.2) is 17.1 Å². The van der Waals surface area contributed by atoms with E-state index in [1.54, 1.807) is 7.11 Å². The van der Waals surface area contributed by atoms with Crippen molar-refractivity contribution in [1.82, 2.24) is 10.6 Å². The van der Waals surface area contributed by atoms with Gasteiger partial charge < -0.3 is 19.8 Å². The van der Waals surface area contributed by atoms with E-state index in [4.69, 9.17) is 9.15 Å². The fourth-order valence-electron chi connectivity index (χ4n) is 3.96. The maximum absolute atomic E-state index is 12.9. The molecule has 0 saturated carbocycles. The Hall–Kier alpha value is -3.57. The van der Waals surface area contributed by atoms with Crippen molar-refractivity contribution in [3.8, 4) is 5.75 Å². The van der Waals surface area contributed by atoms with Crippen LogP contribution < -0.4 is 15.4 Å². The van der Waals surface area contributed by atoms with Crippen LogP contribution >= 0.6 is 0 Å². The quantitative estimate of drug-likeness (QED) is 0.311. The first kappa shape index (κ1) is 22.6. The number of furan rings is 1. The Labute approximate surface area is 194 Å². The zero-order chi connectivity index (χ0) is 23.0. The first-order chi connectivity index (χ1) is 16.2. The van der Waals surface area contributed by atoms with Gasteiger partial charge in [-0.05, 0) is 55.1 Å². The first-order valence-electron chi connectivity index (χ1n) is 11.4. The lowest BCUT2D eigenvalue weighted by atomic mass is 10.1. The van der Waals surface area contributed by atoms with E-state index in [9.17, 15) is 4.79 Å². The molecule has 5 heteroatoms. The Balaban J connectivity index is 1.43. The molecule has 2 N–H and O–H groups in total. The normalized spacial score (nSPS) is 11.9. The highest BCUT2D eigenvalue weighted by Crippen LogP contribution is 2.32. The first-order valence-corrected chi connectivity index (χ1v) is 11.4. The molecule has 4 rings (SSSR count). The number of hydrogen-bond acceptors (Lipinski definition) is 4. The second kappa shape index (κ2) is 10.8. The van der Waals surface area contributed by atoms with E-state index >= 15 is 0 Å². The minimum atomic E-state index is -0.244. The molecule has 1 amide bonds. The number of amides is 1. The lowest BCUT2D eigenvalue weighted by Crippen LogP contribution is -2.26. The van der Waals surface area contributed by atoms with Crippen LogP contribution in [0.15, 0.2) is 83.3 Å². The second-order valence-corrected chi connectivity index (χ2v) is 8.15. The lowest BCUT2D eigenvalue weighted by Gasteiger charge is -2.12. The molecule has 0 aliphatic rings. The molecule has 0 aliphatic heterocycles. The van der Waals surface area contributed by atoms with E-state index < -0.39 is 0 Å². The molecule has 1 atom stereocenters. The van der Waals surface area contributed by atoms with Crippen molar-refractivity contribution < 1.29 is 13.9 Å². The standard InChI is InChI=1S/C28H30N2O3/c1-20(22-13-7-4-8-14-22)30-28(31)26-18-24-23(15-16-25(32-2)27(24)33-26)19-29-17-9-12-21-10-5-3-6-11-21/h3-8,10-11,13-16,18,20,29H,9,12,17,19H2,1-2H3,(H,30,31)/t20-/m0/s1. The van der Waals surface area contributed by atoms with Crippen molar-refractivity contribution >= 4 is 16.9 Å². The van der Waals surface area contributed by atoms with Gasteiger partial charge >= 0.3 is 0 Å². The molecule has 0 fully saturated rings. The zero-order valence-electron chi connectivity index (χ0n) is 19.1. The molecule has 0 bridgehead atoms. The van der Waals surface area contributed by atoms with Gasteiger partial charge in [-0.2, -0.15) is 0 Å². The van der Waals surface area contributed by atoms with Gasteiger partial charge in [0.25, 0.3) is 5.91 Å². The third-order valence-electron chi connectivity index (χ3n) is 5.81. The van der Waals surface area contributed by atoms with Crippen molar-refractivity contribution in [3.05, 3.63) is 101 Å². The Kier molecular flexibility index (Phi) is 7.43. The summed E-state index contributed by atoms with van der Waals surface area (Å²) >= 11 is 0. The highest BCUT2D eigenvalue weighted by molar-refractivity contribution is 5.98. The number of ether oxygens (including phenoxy) is 1. The summed E-state index contributed by atoms with van der Waals surface area (Å²) in [6, 6.07) is 26.0.